The van der Waals surface area contributed by atoms with Crippen LogP contribution in [0.3, 0.4) is 0 Å². The molecule has 0 aliphatic carbocycles. The molecule has 0 atom stereocenters. The first-order valence-corrected chi connectivity index (χ1v) is 6.25. The molecule has 1 aliphatic rings. The predicted molar refractivity (Wildman–Crippen MR) is 60.3 cm³/mol. The molecule has 0 radical (unpaired) electrons. The van der Waals surface area contributed by atoms with Gasteiger partial charge in [0.2, 0.25) is 10.0 Å². The largest absolute Gasteiger partial charge is 1.00 e. The van der Waals surface area contributed by atoms with Gasteiger partial charge in [-0.3, -0.25) is 0 Å². The van der Waals surface area contributed by atoms with Crippen LogP contribution in [0.4, 0.5) is 5.69 Å². The van der Waals surface area contributed by atoms with Gasteiger partial charge >= 0.3 is 29.6 Å². The van der Waals surface area contributed by atoms with E-state index in [9.17, 15) is 8.42 Å². The molecule has 17 heavy (non-hydrogen) atoms. The summed E-state index contributed by atoms with van der Waals surface area (Å²) in [6.45, 7) is 3.57. The van der Waals surface area contributed by atoms with Crippen LogP contribution >= 0.6 is 0 Å². The molecule has 0 aromatic heterocycles. The van der Waals surface area contributed by atoms with Crippen LogP contribution in [-0.2, 0) is 14.8 Å². The molecular formula is C10H11N2NaO3S. The van der Waals surface area contributed by atoms with Gasteiger partial charge in [-0.1, -0.05) is 18.2 Å². The van der Waals surface area contributed by atoms with Crippen LogP contribution in [0.15, 0.2) is 33.6 Å². The summed E-state index contributed by atoms with van der Waals surface area (Å²) in [4.78, 5) is 0.117. The van der Waals surface area contributed by atoms with Gasteiger partial charge in [0.25, 0.3) is 0 Å². The van der Waals surface area contributed by atoms with Crippen molar-refractivity contribution in [2.45, 2.75) is 24.8 Å². The molecule has 0 spiro atoms. The Morgan fingerprint density at radius 1 is 1.29 bits per heavy atom. The normalized spacial score (nSPS) is 16.3. The topological polar surface area (TPSA) is 69.8 Å². The van der Waals surface area contributed by atoms with Gasteiger partial charge in [0.1, 0.15) is 6.02 Å². The number of fused-ring (bicyclic) bond motifs is 1. The standard InChI is InChI=1S/C10H11N2O3S.Na/c1-7(2)15-10-11-8-5-3-4-6-9(8)16(13,14)12-10;/h3-7H,1-2H3;/q-1;+1. The zero-order valence-corrected chi connectivity index (χ0v) is 12.7. The smallest absolute Gasteiger partial charge is 0.498 e. The molecule has 1 aromatic carbocycles. The quantitative estimate of drug-likeness (QED) is 0.621. The van der Waals surface area contributed by atoms with Gasteiger partial charge in [-0.05, 0) is 25.6 Å². The summed E-state index contributed by atoms with van der Waals surface area (Å²) in [7, 11) is -3.67. The monoisotopic (exact) mass is 262 g/mol. The van der Waals surface area contributed by atoms with Crippen LogP contribution in [0.1, 0.15) is 13.8 Å². The summed E-state index contributed by atoms with van der Waals surface area (Å²) in [6.07, 6.45) is -0.164. The van der Waals surface area contributed by atoms with E-state index in [0.717, 1.165) is 0 Å². The molecule has 0 bridgehead atoms. The second kappa shape index (κ2) is 5.39. The Kier molecular flexibility index (Phi) is 4.60. The number of para-hydroxylation sites is 1. The molecule has 86 valence electrons. The van der Waals surface area contributed by atoms with Gasteiger partial charge in [-0.15, -0.1) is 0 Å². The Labute approximate surface area is 123 Å². The number of hydrogen-bond donors (Lipinski definition) is 0. The van der Waals surface area contributed by atoms with E-state index in [1.54, 1.807) is 32.0 Å². The third-order valence-corrected chi connectivity index (χ3v) is 3.20. The molecule has 0 fully saturated rings. The summed E-state index contributed by atoms with van der Waals surface area (Å²) in [5.41, 5.74) is 0.369. The molecule has 5 nitrogen and oxygen atoms in total. The Hall–Kier alpha value is -0.560. The van der Waals surface area contributed by atoms with Gasteiger partial charge in [0.05, 0.1) is 11.0 Å². The van der Waals surface area contributed by atoms with E-state index in [4.69, 9.17) is 4.74 Å². The van der Waals surface area contributed by atoms with Crippen LogP contribution in [-0.4, -0.2) is 20.5 Å². The summed E-state index contributed by atoms with van der Waals surface area (Å²) in [5.74, 6) is 0. The van der Waals surface area contributed by atoms with Crippen LogP contribution < -0.4 is 29.6 Å². The van der Waals surface area contributed by atoms with E-state index in [0.29, 0.717) is 5.69 Å². The fourth-order valence-electron chi connectivity index (χ4n) is 1.30. The molecule has 0 amide bonds. The van der Waals surface area contributed by atoms with Gasteiger partial charge in [-0.2, -0.15) is 0 Å². The molecule has 0 unspecified atom stereocenters. The minimum atomic E-state index is -3.67. The third-order valence-electron chi connectivity index (χ3n) is 1.90. The van der Waals surface area contributed by atoms with Crippen molar-refractivity contribution in [1.82, 2.24) is 0 Å². The number of hydrogen-bond acceptors (Lipinski definition) is 3. The van der Waals surface area contributed by atoms with Crippen LogP contribution in [0.2, 0.25) is 0 Å². The van der Waals surface area contributed by atoms with Gasteiger partial charge in [0.15, 0.2) is 0 Å². The minimum Gasteiger partial charge on any atom is -0.498 e. The SMILES string of the molecule is CC(C)OC1=NS(=O)(=O)c2ccccc2[N-]1.[Na+]. The number of ether oxygens (including phenoxy) is 1. The maximum absolute atomic E-state index is 11.7. The number of rotatable bonds is 1. The molecule has 0 N–H and O–H groups in total. The summed E-state index contributed by atoms with van der Waals surface area (Å²) in [5, 5.41) is 4.03. The first-order chi connectivity index (χ1) is 7.49. The zero-order valence-electron chi connectivity index (χ0n) is 9.91. The minimum absolute atomic E-state index is 0. The van der Waals surface area contributed by atoms with Crippen molar-refractivity contribution in [3.8, 4) is 0 Å². The van der Waals surface area contributed by atoms with Crippen molar-refractivity contribution in [2.75, 3.05) is 0 Å². The Balaban J connectivity index is 0.00000144. The van der Waals surface area contributed by atoms with E-state index >= 15 is 0 Å². The molecular weight excluding hydrogens is 251 g/mol. The van der Waals surface area contributed by atoms with Crippen molar-refractivity contribution < 1.29 is 42.7 Å². The van der Waals surface area contributed by atoms with Crippen LogP contribution in [0.25, 0.3) is 5.32 Å². The fourth-order valence-corrected chi connectivity index (χ4v) is 2.32. The molecule has 7 heteroatoms. The summed E-state index contributed by atoms with van der Waals surface area (Å²) in [6, 6.07) is 6.34. The van der Waals surface area contributed by atoms with Crippen LogP contribution in [0, 0.1) is 0 Å². The number of nitrogens with zero attached hydrogens (tertiary/aromatic N) is 2. The van der Waals surface area contributed by atoms with E-state index in [1.807, 2.05) is 0 Å². The number of amidine groups is 1. The van der Waals surface area contributed by atoms with Crippen molar-refractivity contribution in [2.24, 2.45) is 4.40 Å². The number of sulfonamides is 1. The fraction of sp³-hybridized carbons (Fsp3) is 0.300. The van der Waals surface area contributed by atoms with Gasteiger partial charge in [0, 0.05) is 0 Å². The summed E-state index contributed by atoms with van der Waals surface area (Å²) < 4.78 is 32.2. The Morgan fingerprint density at radius 2 is 1.94 bits per heavy atom. The zero-order chi connectivity index (χ0) is 11.8. The average molecular weight is 262 g/mol. The van der Waals surface area contributed by atoms with Gasteiger partial charge in [-0.25, -0.2) is 8.42 Å². The second-order valence-corrected chi connectivity index (χ2v) is 5.17. The Morgan fingerprint density at radius 3 is 2.59 bits per heavy atom. The van der Waals surface area contributed by atoms with Crippen molar-refractivity contribution in [1.29, 1.82) is 0 Å². The van der Waals surface area contributed by atoms with E-state index in [1.165, 1.54) is 6.07 Å². The summed E-state index contributed by atoms with van der Waals surface area (Å²) >= 11 is 0. The van der Waals surface area contributed by atoms with Crippen molar-refractivity contribution >= 4 is 21.7 Å². The van der Waals surface area contributed by atoms with E-state index < -0.39 is 10.0 Å². The van der Waals surface area contributed by atoms with E-state index in [2.05, 4.69) is 9.71 Å². The molecule has 0 saturated heterocycles. The third kappa shape index (κ3) is 3.22. The van der Waals surface area contributed by atoms with Gasteiger partial charge < -0.3 is 14.5 Å². The number of benzene rings is 1. The Bertz CT molecular complexity index is 540. The second-order valence-electron chi connectivity index (χ2n) is 3.60. The molecule has 1 aliphatic heterocycles. The molecule has 2 rings (SSSR count). The maximum Gasteiger partial charge on any atom is 1.00 e. The first kappa shape index (κ1) is 14.5. The molecule has 1 aromatic rings. The predicted octanol–water partition coefficient (Wildman–Crippen LogP) is -0.821. The first-order valence-electron chi connectivity index (χ1n) is 4.81. The van der Waals surface area contributed by atoms with E-state index in [-0.39, 0.29) is 46.6 Å². The van der Waals surface area contributed by atoms with Crippen molar-refractivity contribution in [3.63, 3.8) is 0 Å². The maximum atomic E-state index is 11.7. The van der Waals surface area contributed by atoms with Crippen molar-refractivity contribution in [3.05, 3.63) is 29.6 Å². The van der Waals surface area contributed by atoms with Crippen LogP contribution in [0.5, 0.6) is 0 Å². The molecule has 1 heterocycles. The average Bonchev–Trinajstić information content (AvgIpc) is 2.15. The molecule has 0 saturated carbocycles.